The van der Waals surface area contributed by atoms with Crippen LogP contribution in [-0.4, -0.2) is 40.2 Å². The molecule has 0 radical (unpaired) electrons. The molecule has 0 atom stereocenters. The molecule has 2 aliphatic rings. The minimum atomic E-state index is -0.166. The van der Waals surface area contributed by atoms with E-state index in [1.165, 1.54) is 24.0 Å². The zero-order valence-electron chi connectivity index (χ0n) is 13.4. The molecule has 1 amide bonds. The van der Waals surface area contributed by atoms with Gasteiger partial charge in [-0.1, -0.05) is 6.08 Å². The number of ether oxygens (including phenoxy) is 1. The average Bonchev–Trinajstić information content (AvgIpc) is 3.24. The first-order valence-electron chi connectivity index (χ1n) is 8.48. The number of fused-ring (bicyclic) bond motifs is 1. The molecule has 0 unspecified atom stereocenters. The topological polar surface area (TPSA) is 58.2 Å². The van der Waals surface area contributed by atoms with Gasteiger partial charge in [-0.25, -0.2) is 9.78 Å². The average molecular weight is 390 g/mol. The summed E-state index contributed by atoms with van der Waals surface area (Å²) in [7, 11) is 0. The molecule has 0 aromatic carbocycles. The van der Waals surface area contributed by atoms with Crippen molar-refractivity contribution < 1.29 is 9.53 Å². The molecular formula is C18H20BrN3O2. The van der Waals surface area contributed by atoms with Crippen LogP contribution in [0.3, 0.4) is 0 Å². The van der Waals surface area contributed by atoms with Crippen molar-refractivity contribution in [2.24, 2.45) is 0 Å². The molecule has 6 heteroatoms. The van der Waals surface area contributed by atoms with Crippen molar-refractivity contribution in [1.82, 2.24) is 14.9 Å². The van der Waals surface area contributed by atoms with E-state index >= 15 is 0 Å². The fourth-order valence-electron chi connectivity index (χ4n) is 3.55. The Kier molecular flexibility index (Phi) is 4.31. The molecule has 1 saturated carbocycles. The number of aromatic amines is 1. The van der Waals surface area contributed by atoms with Gasteiger partial charge in [0.2, 0.25) is 0 Å². The molecule has 0 saturated heterocycles. The van der Waals surface area contributed by atoms with Crippen molar-refractivity contribution >= 4 is 38.6 Å². The number of carbonyl (C=O) groups is 1. The summed E-state index contributed by atoms with van der Waals surface area (Å²) in [5.74, 6) is 0. The van der Waals surface area contributed by atoms with Gasteiger partial charge in [0.05, 0.1) is 0 Å². The van der Waals surface area contributed by atoms with Crippen molar-refractivity contribution in [3.05, 3.63) is 34.6 Å². The normalized spacial score (nSPS) is 18.9. The molecule has 3 heterocycles. The lowest BCUT2D eigenvalue weighted by Crippen LogP contribution is -2.36. The highest BCUT2D eigenvalue weighted by Gasteiger charge is 2.25. The van der Waals surface area contributed by atoms with E-state index < -0.39 is 0 Å². The highest BCUT2D eigenvalue weighted by atomic mass is 79.9. The van der Waals surface area contributed by atoms with Crippen molar-refractivity contribution in [2.45, 2.75) is 38.2 Å². The van der Waals surface area contributed by atoms with Gasteiger partial charge in [-0.15, -0.1) is 0 Å². The third-order valence-electron chi connectivity index (χ3n) is 4.88. The van der Waals surface area contributed by atoms with Crippen LogP contribution < -0.4 is 0 Å². The lowest BCUT2D eigenvalue weighted by Gasteiger charge is -2.27. The van der Waals surface area contributed by atoms with Gasteiger partial charge in [0.15, 0.2) is 0 Å². The van der Waals surface area contributed by atoms with Gasteiger partial charge in [0.1, 0.15) is 11.8 Å². The zero-order chi connectivity index (χ0) is 16.5. The lowest BCUT2D eigenvalue weighted by atomic mass is 10.00. The quantitative estimate of drug-likeness (QED) is 0.822. The van der Waals surface area contributed by atoms with E-state index in [1.807, 2.05) is 6.20 Å². The molecule has 5 nitrogen and oxygen atoms in total. The van der Waals surface area contributed by atoms with E-state index in [0.717, 1.165) is 34.8 Å². The van der Waals surface area contributed by atoms with Gasteiger partial charge >= 0.3 is 6.09 Å². The molecule has 0 spiro atoms. The number of hydrogen-bond acceptors (Lipinski definition) is 3. The minimum Gasteiger partial charge on any atom is -0.446 e. The number of rotatable bonds is 2. The van der Waals surface area contributed by atoms with Crippen LogP contribution in [0.5, 0.6) is 0 Å². The molecule has 1 aliphatic carbocycles. The fourth-order valence-corrected chi connectivity index (χ4v) is 3.88. The smallest absolute Gasteiger partial charge is 0.410 e. The number of nitrogens with one attached hydrogen (secondary N) is 1. The number of H-pyrrole nitrogens is 1. The summed E-state index contributed by atoms with van der Waals surface area (Å²) < 4.78 is 6.56. The Labute approximate surface area is 149 Å². The Morgan fingerprint density at radius 1 is 1.38 bits per heavy atom. The molecule has 4 rings (SSSR count). The van der Waals surface area contributed by atoms with E-state index in [4.69, 9.17) is 4.74 Å². The molecular weight excluding hydrogens is 370 g/mol. The Morgan fingerprint density at radius 2 is 2.21 bits per heavy atom. The van der Waals surface area contributed by atoms with E-state index in [0.29, 0.717) is 13.1 Å². The largest absolute Gasteiger partial charge is 0.446 e. The third kappa shape index (κ3) is 3.07. The van der Waals surface area contributed by atoms with Crippen molar-refractivity contribution in [2.75, 3.05) is 13.1 Å². The summed E-state index contributed by atoms with van der Waals surface area (Å²) in [6, 6.07) is 2.08. The first kappa shape index (κ1) is 15.7. The Morgan fingerprint density at radius 3 is 2.96 bits per heavy atom. The van der Waals surface area contributed by atoms with Gasteiger partial charge < -0.3 is 14.6 Å². The molecule has 1 aliphatic heterocycles. The monoisotopic (exact) mass is 389 g/mol. The number of carbonyl (C=O) groups excluding carboxylic acids is 1. The maximum atomic E-state index is 12.3. The van der Waals surface area contributed by atoms with Crippen LogP contribution >= 0.6 is 15.9 Å². The number of nitrogens with zero attached hydrogens (tertiary/aromatic N) is 2. The second-order valence-electron chi connectivity index (χ2n) is 6.47. The van der Waals surface area contributed by atoms with Crippen LogP contribution in [0, 0.1) is 0 Å². The SMILES string of the molecule is O=C(OC1CCCC1)N1CC=C(c2c[nH]c3ncc(Br)cc23)CC1. The summed E-state index contributed by atoms with van der Waals surface area (Å²) in [5.41, 5.74) is 3.31. The highest BCUT2D eigenvalue weighted by Crippen LogP contribution is 2.30. The molecule has 2 aromatic heterocycles. The zero-order valence-corrected chi connectivity index (χ0v) is 15.0. The summed E-state index contributed by atoms with van der Waals surface area (Å²) in [4.78, 5) is 21.7. The third-order valence-corrected chi connectivity index (χ3v) is 5.31. The van der Waals surface area contributed by atoms with E-state index in [9.17, 15) is 4.79 Å². The van der Waals surface area contributed by atoms with Crippen LogP contribution in [0.2, 0.25) is 0 Å². The van der Waals surface area contributed by atoms with Gasteiger partial charge in [0.25, 0.3) is 0 Å². The van der Waals surface area contributed by atoms with Gasteiger partial charge in [-0.05, 0) is 59.7 Å². The maximum absolute atomic E-state index is 12.3. The number of pyridine rings is 1. The highest BCUT2D eigenvalue weighted by molar-refractivity contribution is 9.10. The second kappa shape index (κ2) is 6.59. The van der Waals surface area contributed by atoms with E-state index in [1.54, 1.807) is 11.1 Å². The van der Waals surface area contributed by atoms with Gasteiger partial charge in [-0.2, -0.15) is 0 Å². The van der Waals surface area contributed by atoms with Crippen LogP contribution in [0.15, 0.2) is 29.0 Å². The number of hydrogen-bond donors (Lipinski definition) is 1. The Balaban J connectivity index is 1.47. The fraction of sp³-hybridized carbons (Fsp3) is 0.444. The molecule has 126 valence electrons. The number of amides is 1. The molecule has 2 aromatic rings. The van der Waals surface area contributed by atoms with E-state index in [-0.39, 0.29) is 12.2 Å². The molecule has 0 bridgehead atoms. The van der Waals surface area contributed by atoms with Crippen LogP contribution in [0.4, 0.5) is 4.79 Å². The first-order valence-corrected chi connectivity index (χ1v) is 9.27. The molecule has 1 fully saturated rings. The predicted octanol–water partition coefficient (Wildman–Crippen LogP) is 4.49. The van der Waals surface area contributed by atoms with Crippen LogP contribution in [-0.2, 0) is 4.74 Å². The van der Waals surface area contributed by atoms with Crippen LogP contribution in [0.25, 0.3) is 16.6 Å². The van der Waals surface area contributed by atoms with Crippen LogP contribution in [0.1, 0.15) is 37.7 Å². The Bertz CT molecular complexity index is 793. The number of aromatic nitrogens is 2. The molecule has 24 heavy (non-hydrogen) atoms. The van der Waals surface area contributed by atoms with Gasteiger partial charge in [-0.3, -0.25) is 0 Å². The number of halogens is 1. The second-order valence-corrected chi connectivity index (χ2v) is 7.38. The summed E-state index contributed by atoms with van der Waals surface area (Å²) in [6.07, 6.45) is 11.1. The molecule has 1 N–H and O–H groups in total. The summed E-state index contributed by atoms with van der Waals surface area (Å²) in [6.45, 7) is 1.31. The maximum Gasteiger partial charge on any atom is 0.410 e. The van der Waals surface area contributed by atoms with Crippen molar-refractivity contribution in [3.8, 4) is 0 Å². The Hall–Kier alpha value is -1.82. The predicted molar refractivity (Wildman–Crippen MR) is 96.7 cm³/mol. The van der Waals surface area contributed by atoms with Crippen molar-refractivity contribution in [3.63, 3.8) is 0 Å². The summed E-state index contributed by atoms with van der Waals surface area (Å²) >= 11 is 3.48. The van der Waals surface area contributed by atoms with Crippen molar-refractivity contribution in [1.29, 1.82) is 0 Å². The summed E-state index contributed by atoms with van der Waals surface area (Å²) in [5, 5.41) is 1.11. The minimum absolute atomic E-state index is 0.125. The lowest BCUT2D eigenvalue weighted by molar-refractivity contribution is 0.0682. The van der Waals surface area contributed by atoms with E-state index in [2.05, 4.69) is 38.0 Å². The van der Waals surface area contributed by atoms with Gasteiger partial charge in [0, 0.05) is 40.9 Å². The standard InChI is InChI=1S/C18H20BrN3O2/c19-13-9-15-16(11-21-17(15)20-10-13)12-5-7-22(8-6-12)18(23)24-14-3-1-2-4-14/h5,9-11,14H,1-4,6-8H2,(H,20,21). The first-order chi connectivity index (χ1) is 11.7.